The number of aromatic nitrogens is 1. The lowest BCUT2D eigenvalue weighted by Crippen LogP contribution is -2.54. The molecule has 2 amide bonds. The van der Waals surface area contributed by atoms with Gasteiger partial charge >= 0.3 is 0 Å². The molecule has 25 heavy (non-hydrogen) atoms. The number of pyridine rings is 1. The van der Waals surface area contributed by atoms with E-state index in [1.165, 1.54) is 0 Å². The molecule has 7 heteroatoms. The van der Waals surface area contributed by atoms with E-state index in [1.54, 1.807) is 25.4 Å². The van der Waals surface area contributed by atoms with Crippen molar-refractivity contribution < 1.29 is 14.3 Å². The van der Waals surface area contributed by atoms with Crippen molar-refractivity contribution in [1.29, 1.82) is 0 Å². The summed E-state index contributed by atoms with van der Waals surface area (Å²) in [6.07, 6.45) is 5.28. The first-order valence-corrected chi connectivity index (χ1v) is 8.80. The van der Waals surface area contributed by atoms with Crippen molar-refractivity contribution in [1.82, 2.24) is 9.88 Å². The van der Waals surface area contributed by atoms with E-state index in [9.17, 15) is 9.59 Å². The van der Waals surface area contributed by atoms with Crippen LogP contribution in [0.25, 0.3) is 0 Å². The number of methoxy groups -OCH3 is 1. The summed E-state index contributed by atoms with van der Waals surface area (Å²) in [4.78, 5) is 32.2. The molecule has 1 aromatic rings. The van der Waals surface area contributed by atoms with Crippen LogP contribution in [0.2, 0.25) is 0 Å². The highest BCUT2D eigenvalue weighted by Gasteiger charge is 2.41. The SMILES string of the molecule is COCCN1C[C@@]2(CCCN(c3cc(C(N)=O)ccn3)C2)CCC1=O. The van der Waals surface area contributed by atoms with Gasteiger partial charge in [0.2, 0.25) is 11.8 Å². The van der Waals surface area contributed by atoms with Crippen molar-refractivity contribution in [2.45, 2.75) is 25.7 Å². The molecule has 1 spiro atoms. The van der Waals surface area contributed by atoms with Gasteiger partial charge in [0.05, 0.1) is 6.61 Å². The van der Waals surface area contributed by atoms with Crippen LogP contribution in [0.5, 0.6) is 0 Å². The molecule has 0 aromatic carbocycles. The van der Waals surface area contributed by atoms with Gasteiger partial charge in [-0.05, 0) is 31.4 Å². The second-order valence-electron chi connectivity index (χ2n) is 7.10. The Morgan fingerprint density at radius 1 is 1.40 bits per heavy atom. The van der Waals surface area contributed by atoms with E-state index in [2.05, 4.69) is 9.88 Å². The molecular weight excluding hydrogens is 320 g/mol. The van der Waals surface area contributed by atoms with E-state index in [-0.39, 0.29) is 11.3 Å². The molecule has 2 N–H and O–H groups in total. The fraction of sp³-hybridized carbons (Fsp3) is 0.611. The summed E-state index contributed by atoms with van der Waals surface area (Å²) in [6.45, 7) is 3.73. The zero-order valence-electron chi connectivity index (χ0n) is 14.7. The molecular formula is C18H26N4O3. The van der Waals surface area contributed by atoms with Crippen LogP contribution in [0.3, 0.4) is 0 Å². The predicted octanol–water partition coefficient (Wildman–Crippen LogP) is 1.04. The summed E-state index contributed by atoms with van der Waals surface area (Å²) in [7, 11) is 1.66. The second kappa shape index (κ2) is 7.39. The molecule has 2 fully saturated rings. The van der Waals surface area contributed by atoms with Gasteiger partial charge in [0.25, 0.3) is 0 Å². The Hall–Kier alpha value is -2.15. The average molecular weight is 346 g/mol. The number of carbonyl (C=O) groups excluding carboxylic acids is 2. The summed E-state index contributed by atoms with van der Waals surface area (Å²) >= 11 is 0. The van der Waals surface area contributed by atoms with E-state index in [0.29, 0.717) is 25.1 Å². The maximum atomic E-state index is 12.2. The molecule has 7 nitrogen and oxygen atoms in total. The van der Waals surface area contributed by atoms with E-state index in [1.807, 2.05) is 4.90 Å². The molecule has 3 rings (SSSR count). The number of piperidine rings is 2. The lowest BCUT2D eigenvalue weighted by molar-refractivity contribution is -0.138. The molecule has 1 aromatic heterocycles. The van der Waals surface area contributed by atoms with Crippen LogP contribution in [0.15, 0.2) is 18.3 Å². The van der Waals surface area contributed by atoms with Crippen LogP contribution in [0.1, 0.15) is 36.0 Å². The highest BCUT2D eigenvalue weighted by molar-refractivity contribution is 5.93. The largest absolute Gasteiger partial charge is 0.383 e. The number of nitrogens with two attached hydrogens (primary N) is 1. The third kappa shape index (κ3) is 3.92. The Balaban J connectivity index is 1.75. The third-order valence-electron chi connectivity index (χ3n) is 5.33. The van der Waals surface area contributed by atoms with Crippen LogP contribution in [-0.4, -0.2) is 61.6 Å². The van der Waals surface area contributed by atoms with E-state index < -0.39 is 5.91 Å². The minimum absolute atomic E-state index is 0.0876. The summed E-state index contributed by atoms with van der Waals surface area (Å²) < 4.78 is 5.14. The number of anilines is 1. The molecule has 1 atom stereocenters. The maximum absolute atomic E-state index is 12.2. The smallest absolute Gasteiger partial charge is 0.248 e. The van der Waals surface area contributed by atoms with Gasteiger partial charge in [0.1, 0.15) is 5.82 Å². The fourth-order valence-electron chi connectivity index (χ4n) is 3.99. The molecule has 2 aliphatic heterocycles. The maximum Gasteiger partial charge on any atom is 0.248 e. The number of primary amides is 1. The molecule has 0 saturated carbocycles. The number of ether oxygens (including phenoxy) is 1. The van der Waals surface area contributed by atoms with Gasteiger partial charge in [-0.15, -0.1) is 0 Å². The monoisotopic (exact) mass is 346 g/mol. The van der Waals surface area contributed by atoms with Gasteiger partial charge in [-0.25, -0.2) is 4.98 Å². The zero-order valence-corrected chi connectivity index (χ0v) is 14.7. The van der Waals surface area contributed by atoms with Crippen LogP contribution in [0, 0.1) is 5.41 Å². The van der Waals surface area contributed by atoms with Gasteiger partial charge in [-0.1, -0.05) is 0 Å². The minimum Gasteiger partial charge on any atom is -0.383 e. The molecule has 3 heterocycles. The van der Waals surface area contributed by atoms with Gasteiger partial charge in [0, 0.05) is 56.9 Å². The highest BCUT2D eigenvalue weighted by atomic mass is 16.5. The van der Waals surface area contributed by atoms with Gasteiger partial charge in [-0.3, -0.25) is 9.59 Å². The molecule has 0 unspecified atom stereocenters. The Labute approximate surface area is 148 Å². The topological polar surface area (TPSA) is 88.8 Å². The predicted molar refractivity (Wildman–Crippen MR) is 94.3 cm³/mol. The van der Waals surface area contributed by atoms with Crippen molar-refractivity contribution in [3.8, 4) is 0 Å². The number of rotatable bonds is 5. The minimum atomic E-state index is -0.440. The summed E-state index contributed by atoms with van der Waals surface area (Å²) in [5.41, 5.74) is 5.95. The number of carbonyl (C=O) groups is 2. The lowest BCUT2D eigenvalue weighted by atomic mass is 9.73. The van der Waals surface area contributed by atoms with Crippen molar-refractivity contribution in [3.05, 3.63) is 23.9 Å². The van der Waals surface area contributed by atoms with Crippen LogP contribution >= 0.6 is 0 Å². The summed E-state index contributed by atoms with van der Waals surface area (Å²) in [5.74, 6) is 0.564. The second-order valence-corrected chi connectivity index (χ2v) is 7.10. The highest BCUT2D eigenvalue weighted by Crippen LogP contribution is 2.39. The van der Waals surface area contributed by atoms with Gasteiger partial charge < -0.3 is 20.3 Å². The van der Waals surface area contributed by atoms with Crippen LogP contribution in [0.4, 0.5) is 5.82 Å². The number of hydrogen-bond donors (Lipinski definition) is 1. The molecule has 2 aliphatic rings. The Morgan fingerprint density at radius 2 is 2.24 bits per heavy atom. The Kier molecular flexibility index (Phi) is 5.22. The lowest BCUT2D eigenvalue weighted by Gasteiger charge is -2.48. The Morgan fingerprint density at radius 3 is 3.00 bits per heavy atom. The molecule has 2 saturated heterocycles. The molecule has 136 valence electrons. The van der Waals surface area contributed by atoms with Crippen molar-refractivity contribution in [2.24, 2.45) is 11.1 Å². The number of hydrogen-bond acceptors (Lipinski definition) is 5. The van der Waals surface area contributed by atoms with Crippen LogP contribution < -0.4 is 10.6 Å². The summed E-state index contributed by atoms with van der Waals surface area (Å²) in [5, 5.41) is 0. The average Bonchev–Trinajstić information content (AvgIpc) is 2.63. The fourth-order valence-corrected chi connectivity index (χ4v) is 3.99. The number of likely N-dealkylation sites (tertiary alicyclic amines) is 1. The van der Waals surface area contributed by atoms with E-state index in [4.69, 9.17) is 10.5 Å². The molecule has 0 radical (unpaired) electrons. The first-order valence-electron chi connectivity index (χ1n) is 8.80. The molecule has 0 aliphatic carbocycles. The first-order chi connectivity index (χ1) is 12.0. The third-order valence-corrected chi connectivity index (χ3v) is 5.33. The van der Waals surface area contributed by atoms with Crippen LogP contribution in [-0.2, 0) is 9.53 Å². The number of nitrogens with zero attached hydrogens (tertiary/aromatic N) is 3. The quantitative estimate of drug-likeness (QED) is 0.860. The first kappa shape index (κ1) is 17.7. The van der Waals surface area contributed by atoms with E-state index in [0.717, 1.165) is 44.7 Å². The zero-order chi connectivity index (χ0) is 17.9. The molecule has 0 bridgehead atoms. The van der Waals surface area contributed by atoms with Crippen molar-refractivity contribution in [2.75, 3.05) is 44.8 Å². The number of amides is 2. The normalized spacial score (nSPS) is 24.0. The van der Waals surface area contributed by atoms with Gasteiger partial charge in [0.15, 0.2) is 0 Å². The van der Waals surface area contributed by atoms with Crippen molar-refractivity contribution >= 4 is 17.6 Å². The van der Waals surface area contributed by atoms with Crippen molar-refractivity contribution in [3.63, 3.8) is 0 Å². The Bertz CT molecular complexity index is 651. The van der Waals surface area contributed by atoms with Gasteiger partial charge in [-0.2, -0.15) is 0 Å². The van der Waals surface area contributed by atoms with E-state index >= 15 is 0 Å². The standard InChI is InChI=1S/C18H26N4O3/c1-25-10-9-22-13-18(6-3-16(22)23)5-2-8-21(12-18)15-11-14(17(19)24)4-7-20-15/h4,7,11H,2-3,5-6,8-10,12-13H2,1H3,(H2,19,24)/t18-/m0/s1. The summed E-state index contributed by atoms with van der Waals surface area (Å²) in [6, 6.07) is 3.40.